The molecule has 2 rings (SSSR count). The fraction of sp³-hybridized carbons (Fsp3) is 0.571. The summed E-state index contributed by atoms with van der Waals surface area (Å²) in [6.07, 6.45) is 2.40. The molecular weight excluding hydrogens is 234 g/mol. The van der Waals surface area contributed by atoms with Crippen LogP contribution in [-0.4, -0.2) is 19.8 Å². The van der Waals surface area contributed by atoms with E-state index in [9.17, 15) is 0 Å². The third-order valence-corrected chi connectivity index (χ3v) is 3.74. The molecule has 2 atom stereocenters. The van der Waals surface area contributed by atoms with Crippen molar-refractivity contribution in [2.24, 2.45) is 5.92 Å². The van der Waals surface area contributed by atoms with Crippen molar-refractivity contribution in [1.29, 1.82) is 0 Å². The summed E-state index contributed by atoms with van der Waals surface area (Å²) in [4.78, 5) is 0. The standard InChI is InChI=1S/C14H20ClNO/c1-11(13-4-2-3-5-14(13)15)16-8-6-12-7-9-17-10-12/h2-5,11-12,16H,6-10H2,1H3. The second kappa shape index (κ2) is 6.39. The van der Waals surface area contributed by atoms with E-state index in [2.05, 4.69) is 18.3 Å². The van der Waals surface area contributed by atoms with Gasteiger partial charge in [-0.05, 0) is 43.9 Å². The van der Waals surface area contributed by atoms with Gasteiger partial charge in [0.05, 0.1) is 0 Å². The van der Waals surface area contributed by atoms with Gasteiger partial charge in [0.25, 0.3) is 0 Å². The maximum atomic E-state index is 6.17. The molecule has 0 amide bonds. The fourth-order valence-corrected chi connectivity index (χ4v) is 2.55. The maximum absolute atomic E-state index is 6.17. The first kappa shape index (κ1) is 12.9. The van der Waals surface area contributed by atoms with Crippen LogP contribution in [0.5, 0.6) is 0 Å². The third-order valence-electron chi connectivity index (χ3n) is 3.40. The van der Waals surface area contributed by atoms with E-state index < -0.39 is 0 Å². The van der Waals surface area contributed by atoms with E-state index in [1.54, 1.807) is 0 Å². The predicted molar refractivity (Wildman–Crippen MR) is 71.4 cm³/mol. The molecule has 1 heterocycles. The molecule has 0 radical (unpaired) electrons. The van der Waals surface area contributed by atoms with Gasteiger partial charge in [-0.25, -0.2) is 0 Å². The van der Waals surface area contributed by atoms with Crippen LogP contribution in [0.25, 0.3) is 0 Å². The Morgan fingerprint density at radius 3 is 3.00 bits per heavy atom. The SMILES string of the molecule is CC(NCCC1CCOC1)c1ccccc1Cl. The molecular formula is C14H20ClNO. The van der Waals surface area contributed by atoms with Crippen LogP contribution in [0.4, 0.5) is 0 Å². The first-order valence-electron chi connectivity index (χ1n) is 6.33. The van der Waals surface area contributed by atoms with Gasteiger partial charge in [-0.2, -0.15) is 0 Å². The molecule has 94 valence electrons. The molecule has 1 aromatic rings. The van der Waals surface area contributed by atoms with Crippen LogP contribution in [0.2, 0.25) is 5.02 Å². The van der Waals surface area contributed by atoms with Gasteiger partial charge in [-0.15, -0.1) is 0 Å². The van der Waals surface area contributed by atoms with Crippen molar-refractivity contribution in [1.82, 2.24) is 5.32 Å². The van der Waals surface area contributed by atoms with Crippen molar-refractivity contribution in [3.8, 4) is 0 Å². The van der Waals surface area contributed by atoms with Crippen molar-refractivity contribution >= 4 is 11.6 Å². The van der Waals surface area contributed by atoms with Gasteiger partial charge >= 0.3 is 0 Å². The Morgan fingerprint density at radius 1 is 1.47 bits per heavy atom. The van der Waals surface area contributed by atoms with Crippen molar-refractivity contribution in [2.75, 3.05) is 19.8 Å². The Bertz CT molecular complexity index is 350. The highest BCUT2D eigenvalue weighted by Crippen LogP contribution is 2.22. The molecule has 1 saturated heterocycles. The van der Waals surface area contributed by atoms with E-state index in [-0.39, 0.29) is 0 Å². The molecule has 0 aromatic heterocycles. The van der Waals surface area contributed by atoms with E-state index in [4.69, 9.17) is 16.3 Å². The number of hydrogen-bond acceptors (Lipinski definition) is 2. The summed E-state index contributed by atoms with van der Waals surface area (Å²) in [6, 6.07) is 8.34. The molecule has 1 aliphatic heterocycles. The summed E-state index contributed by atoms with van der Waals surface area (Å²) in [5.41, 5.74) is 1.18. The Labute approximate surface area is 108 Å². The molecule has 0 bridgehead atoms. The third kappa shape index (κ3) is 3.70. The van der Waals surface area contributed by atoms with Crippen LogP contribution in [-0.2, 0) is 4.74 Å². The number of benzene rings is 1. The van der Waals surface area contributed by atoms with Gasteiger partial charge in [-0.1, -0.05) is 29.8 Å². The van der Waals surface area contributed by atoms with E-state index in [0.29, 0.717) is 6.04 Å². The highest BCUT2D eigenvalue weighted by molar-refractivity contribution is 6.31. The van der Waals surface area contributed by atoms with E-state index >= 15 is 0 Å². The molecule has 3 heteroatoms. The number of ether oxygens (including phenoxy) is 1. The van der Waals surface area contributed by atoms with Crippen molar-refractivity contribution < 1.29 is 4.74 Å². The van der Waals surface area contributed by atoms with Crippen molar-refractivity contribution in [3.63, 3.8) is 0 Å². The van der Waals surface area contributed by atoms with Gasteiger partial charge < -0.3 is 10.1 Å². The monoisotopic (exact) mass is 253 g/mol. The van der Waals surface area contributed by atoms with Crippen LogP contribution >= 0.6 is 11.6 Å². The average molecular weight is 254 g/mol. The van der Waals surface area contributed by atoms with E-state index in [1.165, 1.54) is 18.4 Å². The lowest BCUT2D eigenvalue weighted by atomic mass is 10.0. The second-order valence-electron chi connectivity index (χ2n) is 4.72. The lowest BCUT2D eigenvalue weighted by Crippen LogP contribution is -2.22. The lowest BCUT2D eigenvalue weighted by molar-refractivity contribution is 0.184. The highest BCUT2D eigenvalue weighted by atomic mass is 35.5. The van der Waals surface area contributed by atoms with Gasteiger partial charge in [-0.3, -0.25) is 0 Å². The molecule has 1 aliphatic rings. The first-order chi connectivity index (χ1) is 8.27. The van der Waals surface area contributed by atoms with Gasteiger partial charge in [0.15, 0.2) is 0 Å². The molecule has 0 spiro atoms. The maximum Gasteiger partial charge on any atom is 0.0495 e. The molecule has 1 aromatic carbocycles. The Hall–Kier alpha value is -0.570. The zero-order valence-corrected chi connectivity index (χ0v) is 11.0. The summed E-state index contributed by atoms with van der Waals surface area (Å²) in [5, 5.41) is 4.37. The zero-order valence-electron chi connectivity index (χ0n) is 10.3. The molecule has 2 nitrogen and oxygen atoms in total. The van der Waals surface area contributed by atoms with Crippen LogP contribution in [0.1, 0.15) is 31.4 Å². The predicted octanol–water partition coefficient (Wildman–Crippen LogP) is 3.42. The van der Waals surface area contributed by atoms with Crippen LogP contribution < -0.4 is 5.32 Å². The number of halogens is 1. The largest absolute Gasteiger partial charge is 0.381 e. The molecule has 1 N–H and O–H groups in total. The Balaban J connectivity index is 1.77. The number of hydrogen-bond donors (Lipinski definition) is 1. The summed E-state index contributed by atoms with van der Waals surface area (Å²) in [6.45, 7) is 5.06. The normalized spacial score (nSPS) is 21.6. The fourth-order valence-electron chi connectivity index (χ4n) is 2.25. The van der Waals surface area contributed by atoms with Crippen LogP contribution in [0, 0.1) is 5.92 Å². The van der Waals surface area contributed by atoms with Crippen LogP contribution in [0.3, 0.4) is 0 Å². The summed E-state index contributed by atoms with van der Waals surface area (Å²) < 4.78 is 5.37. The molecule has 1 fully saturated rings. The van der Waals surface area contributed by atoms with Crippen LogP contribution in [0.15, 0.2) is 24.3 Å². The van der Waals surface area contributed by atoms with Crippen molar-refractivity contribution in [3.05, 3.63) is 34.9 Å². The Kier molecular flexibility index (Phi) is 4.84. The minimum Gasteiger partial charge on any atom is -0.381 e. The summed E-state index contributed by atoms with van der Waals surface area (Å²) in [7, 11) is 0. The first-order valence-corrected chi connectivity index (χ1v) is 6.70. The highest BCUT2D eigenvalue weighted by Gasteiger charge is 2.15. The zero-order chi connectivity index (χ0) is 12.1. The lowest BCUT2D eigenvalue weighted by Gasteiger charge is -2.16. The second-order valence-corrected chi connectivity index (χ2v) is 5.12. The van der Waals surface area contributed by atoms with Crippen molar-refractivity contribution in [2.45, 2.75) is 25.8 Å². The van der Waals surface area contributed by atoms with Gasteiger partial charge in [0.2, 0.25) is 0 Å². The number of nitrogens with one attached hydrogen (secondary N) is 1. The van der Waals surface area contributed by atoms with E-state index in [1.807, 2.05) is 18.2 Å². The summed E-state index contributed by atoms with van der Waals surface area (Å²) in [5.74, 6) is 0.737. The number of rotatable bonds is 5. The smallest absolute Gasteiger partial charge is 0.0495 e. The van der Waals surface area contributed by atoms with E-state index in [0.717, 1.165) is 30.7 Å². The molecule has 0 aliphatic carbocycles. The molecule has 2 unspecified atom stereocenters. The molecule has 17 heavy (non-hydrogen) atoms. The molecule has 0 saturated carbocycles. The summed E-state index contributed by atoms with van der Waals surface area (Å²) >= 11 is 6.17. The minimum atomic E-state index is 0.311. The Morgan fingerprint density at radius 2 is 2.29 bits per heavy atom. The van der Waals surface area contributed by atoms with Gasteiger partial charge in [0, 0.05) is 24.3 Å². The van der Waals surface area contributed by atoms with Gasteiger partial charge in [0.1, 0.15) is 0 Å². The quantitative estimate of drug-likeness (QED) is 0.868. The topological polar surface area (TPSA) is 21.3 Å². The minimum absolute atomic E-state index is 0.311. The average Bonchev–Trinajstić information content (AvgIpc) is 2.82.